The minimum absolute atomic E-state index is 0.210. The molecule has 0 spiro atoms. The highest BCUT2D eigenvalue weighted by Crippen LogP contribution is 2.31. The Morgan fingerprint density at radius 1 is 1.43 bits per heavy atom. The first-order chi connectivity index (χ1) is 6.81. The predicted octanol–water partition coefficient (Wildman–Crippen LogP) is 3.31. The molecule has 1 aliphatic rings. The average Bonchev–Trinajstić information content (AvgIpc) is 2.40. The first-order valence-corrected chi connectivity index (χ1v) is 5.47. The fraction of sp³-hybridized carbons (Fsp3) is 0.273. The van der Waals surface area contributed by atoms with Crippen molar-refractivity contribution >= 4 is 23.2 Å². The quantitative estimate of drug-likeness (QED) is 0.603. The van der Waals surface area contributed by atoms with Crippen LogP contribution in [0.25, 0.3) is 4.85 Å². The lowest BCUT2D eigenvalue weighted by Crippen LogP contribution is -1.97. The molecule has 1 aliphatic heterocycles. The number of hydrogen-bond donors (Lipinski definition) is 0. The maximum atomic E-state index is 11.6. The van der Waals surface area contributed by atoms with Crippen molar-refractivity contribution in [2.24, 2.45) is 0 Å². The van der Waals surface area contributed by atoms with Crippen molar-refractivity contribution < 1.29 is 4.79 Å². The summed E-state index contributed by atoms with van der Waals surface area (Å²) in [6.07, 6.45) is 1.57. The van der Waals surface area contributed by atoms with Gasteiger partial charge in [-0.05, 0) is 18.2 Å². The number of carbonyl (C=O) groups is 1. The smallest absolute Gasteiger partial charge is 0.188 e. The van der Waals surface area contributed by atoms with Gasteiger partial charge in [-0.15, -0.1) is 11.8 Å². The lowest BCUT2D eigenvalue weighted by Gasteiger charge is -2.03. The van der Waals surface area contributed by atoms with Crippen LogP contribution < -0.4 is 0 Å². The lowest BCUT2D eigenvalue weighted by molar-refractivity contribution is 0.0980. The fourth-order valence-electron chi connectivity index (χ4n) is 1.48. The first kappa shape index (κ1) is 9.29. The summed E-state index contributed by atoms with van der Waals surface area (Å²) in [4.78, 5) is 15.9. The molecule has 0 saturated carbocycles. The Kier molecular flexibility index (Phi) is 2.55. The molecule has 1 aromatic rings. The van der Waals surface area contributed by atoms with Crippen LogP contribution in [0.4, 0.5) is 5.69 Å². The number of thioether (sulfide) groups is 1. The van der Waals surface area contributed by atoms with Crippen LogP contribution in [0.5, 0.6) is 0 Å². The topological polar surface area (TPSA) is 21.4 Å². The van der Waals surface area contributed by atoms with Gasteiger partial charge in [0.2, 0.25) is 0 Å². The van der Waals surface area contributed by atoms with Crippen molar-refractivity contribution in [1.29, 1.82) is 0 Å². The van der Waals surface area contributed by atoms with E-state index in [2.05, 4.69) is 4.85 Å². The van der Waals surface area contributed by atoms with Gasteiger partial charge in [-0.3, -0.25) is 4.79 Å². The molecule has 2 nitrogen and oxygen atoms in total. The minimum Gasteiger partial charge on any atom is -0.294 e. The molecule has 0 atom stereocenters. The molecule has 0 N–H and O–H groups in total. The maximum Gasteiger partial charge on any atom is 0.188 e. The Hall–Kier alpha value is -1.27. The third kappa shape index (κ3) is 1.66. The molecule has 0 amide bonds. The van der Waals surface area contributed by atoms with Crippen LogP contribution in [0, 0.1) is 6.57 Å². The number of fused-ring (bicyclic) bond motifs is 1. The van der Waals surface area contributed by atoms with E-state index in [1.165, 1.54) is 0 Å². The maximum absolute atomic E-state index is 11.6. The number of hydrogen-bond acceptors (Lipinski definition) is 2. The van der Waals surface area contributed by atoms with E-state index in [0.29, 0.717) is 12.1 Å². The van der Waals surface area contributed by atoms with Gasteiger partial charge in [0.1, 0.15) is 0 Å². The van der Waals surface area contributed by atoms with Crippen LogP contribution in [0.15, 0.2) is 23.1 Å². The SMILES string of the molecule is [C-]#[N+]c1ccc2c(c1)SCCCC2=O. The van der Waals surface area contributed by atoms with Crippen LogP contribution in [0.1, 0.15) is 23.2 Å². The second kappa shape index (κ2) is 3.85. The number of nitrogens with zero attached hydrogens (tertiary/aromatic N) is 1. The standard InChI is InChI=1S/C11H9NOS/c1-12-8-4-5-9-10(13)3-2-6-14-11(9)7-8/h4-5,7H,2-3,6H2. The van der Waals surface area contributed by atoms with Gasteiger partial charge in [-0.1, -0.05) is 12.1 Å². The van der Waals surface area contributed by atoms with Gasteiger partial charge in [-0.2, -0.15) is 0 Å². The van der Waals surface area contributed by atoms with Crippen molar-refractivity contribution in [3.05, 3.63) is 35.2 Å². The average molecular weight is 203 g/mol. The molecule has 0 radical (unpaired) electrons. The highest BCUT2D eigenvalue weighted by Gasteiger charge is 2.15. The van der Waals surface area contributed by atoms with E-state index in [1.807, 2.05) is 6.07 Å². The molecule has 0 aliphatic carbocycles. The fourth-order valence-corrected chi connectivity index (χ4v) is 2.53. The Morgan fingerprint density at radius 2 is 2.29 bits per heavy atom. The molecule has 1 heterocycles. The van der Waals surface area contributed by atoms with Gasteiger partial charge < -0.3 is 0 Å². The summed E-state index contributed by atoms with van der Waals surface area (Å²) in [5.41, 5.74) is 1.41. The van der Waals surface area contributed by atoms with Crippen LogP contribution >= 0.6 is 11.8 Å². The molecule has 14 heavy (non-hydrogen) atoms. The van der Waals surface area contributed by atoms with Crippen LogP contribution in [-0.4, -0.2) is 11.5 Å². The largest absolute Gasteiger partial charge is 0.294 e. The van der Waals surface area contributed by atoms with E-state index in [1.54, 1.807) is 23.9 Å². The van der Waals surface area contributed by atoms with E-state index in [9.17, 15) is 4.79 Å². The van der Waals surface area contributed by atoms with Crippen molar-refractivity contribution in [3.63, 3.8) is 0 Å². The summed E-state index contributed by atoms with van der Waals surface area (Å²) in [6.45, 7) is 6.90. The summed E-state index contributed by atoms with van der Waals surface area (Å²) in [5, 5.41) is 0. The molecular formula is C11H9NOS. The van der Waals surface area contributed by atoms with E-state index < -0.39 is 0 Å². The van der Waals surface area contributed by atoms with Crippen LogP contribution in [0.2, 0.25) is 0 Å². The summed E-state index contributed by atoms with van der Waals surface area (Å²) in [5.74, 6) is 1.18. The Balaban J connectivity index is 2.49. The van der Waals surface area contributed by atoms with Crippen molar-refractivity contribution in [2.75, 3.05) is 5.75 Å². The van der Waals surface area contributed by atoms with Gasteiger partial charge in [0.05, 0.1) is 6.57 Å². The number of carbonyl (C=O) groups excluding carboxylic acids is 1. The van der Waals surface area contributed by atoms with Gasteiger partial charge in [-0.25, -0.2) is 4.85 Å². The van der Waals surface area contributed by atoms with Gasteiger partial charge in [0, 0.05) is 16.9 Å². The predicted molar refractivity (Wildman–Crippen MR) is 57.0 cm³/mol. The molecule has 0 unspecified atom stereocenters. The molecule has 0 aromatic heterocycles. The second-order valence-corrected chi connectivity index (χ2v) is 4.30. The number of benzene rings is 1. The van der Waals surface area contributed by atoms with Gasteiger partial charge in [0.25, 0.3) is 0 Å². The molecule has 3 heteroatoms. The molecule has 1 aromatic carbocycles. The summed E-state index contributed by atoms with van der Waals surface area (Å²) < 4.78 is 0. The third-order valence-corrected chi connectivity index (χ3v) is 3.34. The summed E-state index contributed by atoms with van der Waals surface area (Å²) >= 11 is 1.68. The van der Waals surface area contributed by atoms with Crippen molar-refractivity contribution in [3.8, 4) is 0 Å². The molecule has 0 fully saturated rings. The monoisotopic (exact) mass is 203 g/mol. The van der Waals surface area contributed by atoms with E-state index in [4.69, 9.17) is 6.57 Å². The Bertz CT molecular complexity index is 420. The van der Waals surface area contributed by atoms with Crippen molar-refractivity contribution in [1.82, 2.24) is 0 Å². The zero-order chi connectivity index (χ0) is 9.97. The van der Waals surface area contributed by atoms with Gasteiger partial charge >= 0.3 is 0 Å². The lowest BCUT2D eigenvalue weighted by atomic mass is 10.1. The molecule has 0 bridgehead atoms. The van der Waals surface area contributed by atoms with Crippen LogP contribution in [-0.2, 0) is 0 Å². The summed E-state index contributed by atoms with van der Waals surface area (Å²) in [7, 11) is 0. The molecule has 70 valence electrons. The highest BCUT2D eigenvalue weighted by atomic mass is 32.2. The normalized spacial score (nSPS) is 15.5. The molecule has 0 saturated heterocycles. The van der Waals surface area contributed by atoms with E-state index >= 15 is 0 Å². The molecular weight excluding hydrogens is 194 g/mol. The summed E-state index contributed by atoms with van der Waals surface area (Å²) in [6, 6.07) is 5.31. The second-order valence-electron chi connectivity index (χ2n) is 3.17. The first-order valence-electron chi connectivity index (χ1n) is 4.49. The number of Topliss-reactive ketones (excluding diaryl/α,β-unsaturated/α-hetero) is 1. The zero-order valence-electron chi connectivity index (χ0n) is 7.62. The van der Waals surface area contributed by atoms with Crippen LogP contribution in [0.3, 0.4) is 0 Å². The Labute approximate surface area is 87.1 Å². The van der Waals surface area contributed by atoms with Gasteiger partial charge in [0.15, 0.2) is 11.5 Å². The number of rotatable bonds is 0. The Morgan fingerprint density at radius 3 is 3.07 bits per heavy atom. The van der Waals surface area contributed by atoms with E-state index in [-0.39, 0.29) is 5.78 Å². The third-order valence-electron chi connectivity index (χ3n) is 2.20. The zero-order valence-corrected chi connectivity index (χ0v) is 8.43. The number of ketones is 1. The highest BCUT2D eigenvalue weighted by molar-refractivity contribution is 7.99. The minimum atomic E-state index is 0.210. The molecule has 2 rings (SSSR count). The van der Waals surface area contributed by atoms with E-state index in [0.717, 1.165) is 22.6 Å². The van der Waals surface area contributed by atoms with Crippen molar-refractivity contribution in [2.45, 2.75) is 17.7 Å².